The predicted octanol–water partition coefficient (Wildman–Crippen LogP) is 5.28. The van der Waals surface area contributed by atoms with Gasteiger partial charge in [-0.1, -0.05) is 72.3 Å². The van der Waals surface area contributed by atoms with Crippen LogP contribution in [0.5, 0.6) is 11.5 Å². The van der Waals surface area contributed by atoms with Crippen molar-refractivity contribution in [3.63, 3.8) is 0 Å². The topological polar surface area (TPSA) is 67.9 Å². The monoisotopic (exact) mass is 508 g/mol. The van der Waals surface area contributed by atoms with Gasteiger partial charge in [0, 0.05) is 23.5 Å². The highest BCUT2D eigenvalue weighted by molar-refractivity contribution is 6.31. The molecule has 36 heavy (non-hydrogen) atoms. The molecule has 1 atom stereocenters. The average molecular weight is 509 g/mol. The Bertz CT molecular complexity index is 1160. The molecule has 3 rings (SSSR count). The minimum absolute atomic E-state index is 0.156. The predicted molar refractivity (Wildman–Crippen MR) is 142 cm³/mol. The van der Waals surface area contributed by atoms with Gasteiger partial charge in [-0.25, -0.2) is 0 Å². The van der Waals surface area contributed by atoms with Crippen LogP contribution in [0.25, 0.3) is 0 Å². The summed E-state index contributed by atoms with van der Waals surface area (Å²) in [6.45, 7) is 5.63. The Balaban J connectivity index is 1.95. The van der Waals surface area contributed by atoms with Gasteiger partial charge in [0.2, 0.25) is 5.91 Å². The standard InChI is InChI=1S/C29H33ClN2O4/c1-29(2,3)31-28(34)24(18-21-12-6-5-7-13-21)32(19-22-14-8-9-15-23(22)30)27(33)20-36-26-17-11-10-16-25(26)35-4/h5-17,24H,18-20H2,1-4H3,(H,31,34)/t24-/m0/s1. The van der Waals surface area contributed by atoms with Gasteiger partial charge in [-0.3, -0.25) is 9.59 Å². The molecule has 0 radical (unpaired) electrons. The maximum absolute atomic E-state index is 13.7. The van der Waals surface area contributed by atoms with Crippen LogP contribution in [0.1, 0.15) is 31.9 Å². The summed E-state index contributed by atoms with van der Waals surface area (Å²) in [4.78, 5) is 28.8. The first-order valence-electron chi connectivity index (χ1n) is 11.8. The molecule has 3 aromatic rings. The van der Waals surface area contributed by atoms with Crippen molar-refractivity contribution in [1.82, 2.24) is 10.2 Å². The van der Waals surface area contributed by atoms with E-state index in [1.54, 1.807) is 36.3 Å². The van der Waals surface area contributed by atoms with E-state index < -0.39 is 11.6 Å². The van der Waals surface area contributed by atoms with Crippen molar-refractivity contribution in [3.05, 3.63) is 95.0 Å². The van der Waals surface area contributed by atoms with E-state index >= 15 is 0 Å². The van der Waals surface area contributed by atoms with Crippen LogP contribution in [0.2, 0.25) is 5.02 Å². The Morgan fingerprint density at radius 2 is 1.53 bits per heavy atom. The number of benzene rings is 3. The zero-order valence-corrected chi connectivity index (χ0v) is 21.9. The fraction of sp³-hybridized carbons (Fsp3) is 0.310. The van der Waals surface area contributed by atoms with Crippen molar-refractivity contribution in [1.29, 1.82) is 0 Å². The first kappa shape index (κ1) is 27.1. The van der Waals surface area contributed by atoms with E-state index in [-0.39, 0.29) is 25.0 Å². The van der Waals surface area contributed by atoms with E-state index in [0.717, 1.165) is 11.1 Å². The lowest BCUT2D eigenvalue weighted by atomic mass is 10.0. The second kappa shape index (κ2) is 12.5. The molecule has 3 aromatic carbocycles. The smallest absolute Gasteiger partial charge is 0.261 e. The number of carbonyl (C=O) groups is 2. The summed E-state index contributed by atoms with van der Waals surface area (Å²) in [5.74, 6) is 0.383. The third-order valence-corrected chi connectivity index (χ3v) is 5.86. The van der Waals surface area contributed by atoms with Crippen LogP contribution in [0, 0.1) is 0 Å². The zero-order chi connectivity index (χ0) is 26.1. The molecule has 0 spiro atoms. The zero-order valence-electron chi connectivity index (χ0n) is 21.2. The molecule has 0 aliphatic heterocycles. The van der Waals surface area contributed by atoms with Gasteiger partial charge < -0.3 is 19.7 Å². The van der Waals surface area contributed by atoms with Gasteiger partial charge in [-0.15, -0.1) is 0 Å². The van der Waals surface area contributed by atoms with E-state index in [1.807, 2.05) is 75.4 Å². The molecule has 190 valence electrons. The van der Waals surface area contributed by atoms with Crippen LogP contribution < -0.4 is 14.8 Å². The quantitative estimate of drug-likeness (QED) is 0.404. The minimum Gasteiger partial charge on any atom is -0.493 e. The first-order valence-corrected chi connectivity index (χ1v) is 12.2. The summed E-state index contributed by atoms with van der Waals surface area (Å²) < 4.78 is 11.2. The van der Waals surface area contributed by atoms with Gasteiger partial charge in [-0.2, -0.15) is 0 Å². The molecule has 0 aromatic heterocycles. The van der Waals surface area contributed by atoms with Crippen LogP contribution in [-0.4, -0.2) is 42.0 Å². The molecule has 0 saturated carbocycles. The molecule has 0 aliphatic carbocycles. The summed E-state index contributed by atoms with van der Waals surface area (Å²) in [5, 5.41) is 3.56. The van der Waals surface area contributed by atoms with E-state index in [4.69, 9.17) is 21.1 Å². The summed E-state index contributed by atoms with van der Waals surface area (Å²) >= 11 is 6.45. The fourth-order valence-corrected chi connectivity index (χ4v) is 3.97. The molecule has 2 amide bonds. The number of nitrogens with zero attached hydrogens (tertiary/aromatic N) is 1. The van der Waals surface area contributed by atoms with E-state index in [1.165, 1.54) is 0 Å². The molecular formula is C29H33ClN2O4. The van der Waals surface area contributed by atoms with Gasteiger partial charge in [0.05, 0.1) is 7.11 Å². The minimum atomic E-state index is -0.781. The Morgan fingerprint density at radius 1 is 0.917 bits per heavy atom. The van der Waals surface area contributed by atoms with Gasteiger partial charge in [0.15, 0.2) is 18.1 Å². The van der Waals surface area contributed by atoms with Gasteiger partial charge >= 0.3 is 0 Å². The average Bonchev–Trinajstić information content (AvgIpc) is 2.85. The van der Waals surface area contributed by atoms with Gasteiger partial charge in [-0.05, 0) is 50.1 Å². The summed E-state index contributed by atoms with van der Waals surface area (Å²) in [6.07, 6.45) is 0.341. The lowest BCUT2D eigenvalue weighted by Crippen LogP contribution is -2.55. The maximum Gasteiger partial charge on any atom is 0.261 e. The molecule has 7 heteroatoms. The number of nitrogens with one attached hydrogen (secondary N) is 1. The summed E-state index contributed by atoms with van der Waals surface area (Å²) in [7, 11) is 1.54. The number of carbonyl (C=O) groups excluding carboxylic acids is 2. The highest BCUT2D eigenvalue weighted by Gasteiger charge is 2.33. The van der Waals surface area contributed by atoms with Crippen molar-refractivity contribution < 1.29 is 19.1 Å². The number of rotatable bonds is 10. The number of amides is 2. The van der Waals surface area contributed by atoms with E-state index in [9.17, 15) is 9.59 Å². The molecule has 0 aliphatic rings. The second-order valence-electron chi connectivity index (χ2n) is 9.50. The number of methoxy groups -OCH3 is 1. The Morgan fingerprint density at radius 3 is 2.17 bits per heavy atom. The van der Waals surface area contributed by atoms with Crippen molar-refractivity contribution >= 4 is 23.4 Å². The number of halogens is 1. The normalized spacial score (nSPS) is 11.9. The van der Waals surface area contributed by atoms with Crippen LogP contribution in [0.15, 0.2) is 78.9 Å². The largest absolute Gasteiger partial charge is 0.493 e. The molecule has 0 fully saturated rings. The third-order valence-electron chi connectivity index (χ3n) is 5.49. The number of para-hydroxylation sites is 2. The Kier molecular flexibility index (Phi) is 9.37. The summed E-state index contributed by atoms with van der Waals surface area (Å²) in [5.41, 5.74) is 1.21. The molecule has 6 nitrogen and oxygen atoms in total. The van der Waals surface area contributed by atoms with Crippen molar-refractivity contribution in [3.8, 4) is 11.5 Å². The van der Waals surface area contributed by atoms with Crippen LogP contribution in [0.3, 0.4) is 0 Å². The maximum atomic E-state index is 13.7. The lowest BCUT2D eigenvalue weighted by molar-refractivity contribution is -0.143. The summed E-state index contributed by atoms with van der Waals surface area (Å²) in [6, 6.07) is 23.3. The number of hydrogen-bond acceptors (Lipinski definition) is 4. The molecule has 1 N–H and O–H groups in total. The van der Waals surface area contributed by atoms with Gasteiger partial charge in [0.1, 0.15) is 6.04 Å². The Hall–Kier alpha value is -3.51. The molecule has 0 heterocycles. The Labute approximate surface area is 218 Å². The van der Waals surface area contributed by atoms with Crippen LogP contribution in [0.4, 0.5) is 0 Å². The second-order valence-corrected chi connectivity index (χ2v) is 9.90. The van der Waals surface area contributed by atoms with Crippen molar-refractivity contribution in [2.45, 2.75) is 45.3 Å². The van der Waals surface area contributed by atoms with Crippen molar-refractivity contribution in [2.75, 3.05) is 13.7 Å². The van der Waals surface area contributed by atoms with Gasteiger partial charge in [0.25, 0.3) is 5.91 Å². The first-order chi connectivity index (χ1) is 17.2. The molecule has 0 saturated heterocycles. The van der Waals surface area contributed by atoms with E-state index in [0.29, 0.717) is 22.9 Å². The van der Waals surface area contributed by atoms with E-state index in [2.05, 4.69) is 5.32 Å². The molecular weight excluding hydrogens is 476 g/mol. The van der Waals surface area contributed by atoms with Crippen LogP contribution >= 0.6 is 11.6 Å². The number of ether oxygens (including phenoxy) is 2. The molecule has 0 unspecified atom stereocenters. The highest BCUT2D eigenvalue weighted by Crippen LogP contribution is 2.26. The SMILES string of the molecule is COc1ccccc1OCC(=O)N(Cc1ccccc1Cl)[C@@H](Cc1ccccc1)C(=O)NC(C)(C)C. The molecule has 0 bridgehead atoms. The highest BCUT2D eigenvalue weighted by atomic mass is 35.5. The third kappa shape index (κ3) is 7.75. The lowest BCUT2D eigenvalue weighted by Gasteiger charge is -2.34. The fourth-order valence-electron chi connectivity index (χ4n) is 3.78. The van der Waals surface area contributed by atoms with Crippen molar-refractivity contribution in [2.24, 2.45) is 0 Å². The van der Waals surface area contributed by atoms with Crippen LogP contribution in [-0.2, 0) is 22.6 Å². The number of hydrogen-bond donors (Lipinski definition) is 1.